The van der Waals surface area contributed by atoms with Gasteiger partial charge in [0.1, 0.15) is 12.4 Å². The Kier molecular flexibility index (Phi) is 5.18. The minimum atomic E-state index is -0.0425. The van der Waals surface area contributed by atoms with Crippen molar-refractivity contribution in [3.8, 4) is 5.75 Å². The van der Waals surface area contributed by atoms with Crippen LogP contribution in [0.2, 0.25) is 0 Å². The van der Waals surface area contributed by atoms with Gasteiger partial charge < -0.3 is 10.1 Å². The van der Waals surface area contributed by atoms with Gasteiger partial charge in [-0.3, -0.25) is 4.79 Å². The summed E-state index contributed by atoms with van der Waals surface area (Å²) in [5.74, 6) is 0.760. The number of rotatable bonds is 6. The van der Waals surface area contributed by atoms with Gasteiger partial charge in [0.05, 0.1) is 0 Å². The second kappa shape index (κ2) is 7.34. The van der Waals surface area contributed by atoms with Crippen LogP contribution in [0, 0.1) is 0 Å². The average Bonchev–Trinajstić information content (AvgIpc) is 2.52. The number of carbonyl (C=O) groups excluding carboxylic acids is 1. The highest BCUT2D eigenvalue weighted by atomic mass is 16.5. The molecule has 0 atom stereocenters. The van der Waals surface area contributed by atoms with E-state index >= 15 is 0 Å². The Labute approximate surface area is 119 Å². The zero-order valence-corrected chi connectivity index (χ0v) is 11.6. The Morgan fingerprint density at radius 1 is 1.05 bits per heavy atom. The maximum Gasteiger partial charge on any atom is 0.251 e. The van der Waals surface area contributed by atoms with Gasteiger partial charge in [-0.05, 0) is 24.6 Å². The number of carbonyl (C=O) groups is 1. The Morgan fingerprint density at radius 2 is 1.75 bits per heavy atom. The van der Waals surface area contributed by atoms with E-state index in [1.165, 1.54) is 0 Å². The number of ether oxygens (including phenoxy) is 1. The van der Waals surface area contributed by atoms with Gasteiger partial charge in [-0.15, -0.1) is 0 Å². The highest BCUT2D eigenvalue weighted by molar-refractivity contribution is 5.95. The molecular formula is C17H19NO2. The molecule has 0 fully saturated rings. The first kappa shape index (κ1) is 14.1. The molecule has 1 N–H and O–H groups in total. The molecule has 0 spiro atoms. The molecule has 0 radical (unpaired) electrons. The summed E-state index contributed by atoms with van der Waals surface area (Å²) in [6.45, 7) is 3.11. The first-order valence-corrected chi connectivity index (χ1v) is 6.85. The quantitative estimate of drug-likeness (QED) is 0.872. The number of hydrogen-bond acceptors (Lipinski definition) is 2. The van der Waals surface area contributed by atoms with Crippen molar-refractivity contribution >= 4 is 5.91 Å². The predicted molar refractivity (Wildman–Crippen MR) is 79.8 cm³/mol. The summed E-state index contributed by atoms with van der Waals surface area (Å²) in [4.78, 5) is 12.1. The highest BCUT2D eigenvalue weighted by Gasteiger charge is 2.10. The van der Waals surface area contributed by atoms with E-state index in [0.29, 0.717) is 18.7 Å². The zero-order chi connectivity index (χ0) is 14.2. The molecular weight excluding hydrogens is 250 g/mol. The predicted octanol–water partition coefficient (Wildman–Crippen LogP) is 3.41. The number of para-hydroxylation sites is 1. The van der Waals surface area contributed by atoms with Crippen LogP contribution in [0.25, 0.3) is 0 Å². The molecule has 0 bridgehead atoms. The van der Waals surface area contributed by atoms with Crippen LogP contribution in [0.3, 0.4) is 0 Å². The third-order valence-electron chi connectivity index (χ3n) is 2.94. The molecule has 20 heavy (non-hydrogen) atoms. The topological polar surface area (TPSA) is 38.3 Å². The second-order valence-corrected chi connectivity index (χ2v) is 4.51. The van der Waals surface area contributed by atoms with Gasteiger partial charge in [-0.1, -0.05) is 43.3 Å². The standard InChI is InChI=1S/C17H19NO2/c1-2-12-18-17(19)16-11-7-6-8-14(16)13-20-15-9-4-3-5-10-15/h3-11H,2,12-13H2,1H3,(H,18,19). The van der Waals surface area contributed by atoms with E-state index in [-0.39, 0.29) is 5.91 Å². The first-order valence-electron chi connectivity index (χ1n) is 6.85. The molecule has 0 aliphatic carbocycles. The summed E-state index contributed by atoms with van der Waals surface area (Å²) in [6, 6.07) is 17.1. The van der Waals surface area contributed by atoms with E-state index in [4.69, 9.17) is 4.74 Å². The maximum atomic E-state index is 12.1. The second-order valence-electron chi connectivity index (χ2n) is 4.51. The molecule has 1 amide bonds. The van der Waals surface area contributed by atoms with Crippen molar-refractivity contribution in [2.75, 3.05) is 6.54 Å². The van der Waals surface area contributed by atoms with Crippen LogP contribution in [-0.2, 0) is 6.61 Å². The fraction of sp³-hybridized carbons (Fsp3) is 0.235. The number of benzene rings is 2. The first-order chi connectivity index (χ1) is 9.81. The van der Waals surface area contributed by atoms with Crippen molar-refractivity contribution in [1.29, 1.82) is 0 Å². The third kappa shape index (κ3) is 3.85. The number of hydrogen-bond donors (Lipinski definition) is 1. The van der Waals surface area contributed by atoms with Gasteiger partial charge in [0.2, 0.25) is 0 Å². The average molecular weight is 269 g/mol. The van der Waals surface area contributed by atoms with Crippen molar-refractivity contribution < 1.29 is 9.53 Å². The van der Waals surface area contributed by atoms with Crippen LogP contribution in [0.4, 0.5) is 0 Å². The van der Waals surface area contributed by atoms with E-state index in [2.05, 4.69) is 5.32 Å². The summed E-state index contributed by atoms with van der Waals surface area (Å²) in [6.07, 6.45) is 0.925. The lowest BCUT2D eigenvalue weighted by atomic mass is 10.1. The summed E-state index contributed by atoms with van der Waals surface area (Å²) >= 11 is 0. The van der Waals surface area contributed by atoms with Crippen LogP contribution in [0.5, 0.6) is 5.75 Å². The lowest BCUT2D eigenvalue weighted by molar-refractivity contribution is 0.0951. The molecule has 0 saturated carbocycles. The Balaban J connectivity index is 2.06. The van der Waals surface area contributed by atoms with Crippen molar-refractivity contribution in [1.82, 2.24) is 5.32 Å². The van der Waals surface area contributed by atoms with Crippen molar-refractivity contribution in [3.63, 3.8) is 0 Å². The number of nitrogens with one attached hydrogen (secondary N) is 1. The molecule has 2 aromatic carbocycles. The fourth-order valence-electron chi connectivity index (χ4n) is 1.88. The lowest BCUT2D eigenvalue weighted by Gasteiger charge is -2.11. The Bertz CT molecular complexity index is 552. The summed E-state index contributed by atoms with van der Waals surface area (Å²) < 4.78 is 5.71. The molecule has 0 aliphatic rings. The smallest absolute Gasteiger partial charge is 0.251 e. The lowest BCUT2D eigenvalue weighted by Crippen LogP contribution is -2.25. The highest BCUT2D eigenvalue weighted by Crippen LogP contribution is 2.14. The normalized spacial score (nSPS) is 10.1. The number of amides is 1. The molecule has 2 rings (SSSR count). The molecule has 0 aliphatic heterocycles. The van der Waals surface area contributed by atoms with Gasteiger partial charge >= 0.3 is 0 Å². The summed E-state index contributed by atoms with van der Waals surface area (Å²) in [5, 5.41) is 2.89. The van der Waals surface area contributed by atoms with Crippen LogP contribution in [0.1, 0.15) is 29.3 Å². The Morgan fingerprint density at radius 3 is 2.50 bits per heavy atom. The molecule has 0 aromatic heterocycles. The molecule has 2 aromatic rings. The van der Waals surface area contributed by atoms with E-state index in [0.717, 1.165) is 17.7 Å². The monoisotopic (exact) mass is 269 g/mol. The van der Waals surface area contributed by atoms with Crippen LogP contribution in [-0.4, -0.2) is 12.5 Å². The maximum absolute atomic E-state index is 12.1. The summed E-state index contributed by atoms with van der Waals surface area (Å²) in [7, 11) is 0. The molecule has 0 unspecified atom stereocenters. The summed E-state index contributed by atoms with van der Waals surface area (Å²) in [5.41, 5.74) is 1.57. The van der Waals surface area contributed by atoms with Gasteiger partial charge in [-0.2, -0.15) is 0 Å². The van der Waals surface area contributed by atoms with Crippen LogP contribution in [0.15, 0.2) is 54.6 Å². The SMILES string of the molecule is CCCNC(=O)c1ccccc1COc1ccccc1. The zero-order valence-electron chi connectivity index (χ0n) is 11.6. The van der Waals surface area contributed by atoms with E-state index in [1.54, 1.807) is 0 Å². The fourth-order valence-corrected chi connectivity index (χ4v) is 1.88. The van der Waals surface area contributed by atoms with Gasteiger partial charge in [0.15, 0.2) is 0 Å². The molecule has 3 nitrogen and oxygen atoms in total. The van der Waals surface area contributed by atoms with E-state index < -0.39 is 0 Å². The van der Waals surface area contributed by atoms with Crippen molar-refractivity contribution in [2.24, 2.45) is 0 Å². The van der Waals surface area contributed by atoms with Gasteiger partial charge in [0.25, 0.3) is 5.91 Å². The van der Waals surface area contributed by atoms with E-state index in [9.17, 15) is 4.79 Å². The van der Waals surface area contributed by atoms with Crippen LogP contribution < -0.4 is 10.1 Å². The third-order valence-corrected chi connectivity index (χ3v) is 2.94. The largest absolute Gasteiger partial charge is 0.489 e. The van der Waals surface area contributed by atoms with Gasteiger partial charge in [0, 0.05) is 17.7 Å². The Hall–Kier alpha value is -2.29. The van der Waals surface area contributed by atoms with E-state index in [1.807, 2.05) is 61.5 Å². The molecule has 0 saturated heterocycles. The minimum absolute atomic E-state index is 0.0425. The molecule has 104 valence electrons. The molecule has 3 heteroatoms. The van der Waals surface area contributed by atoms with Crippen LogP contribution >= 0.6 is 0 Å². The molecule has 0 heterocycles. The van der Waals surface area contributed by atoms with Crippen molar-refractivity contribution in [3.05, 3.63) is 65.7 Å². The van der Waals surface area contributed by atoms with Gasteiger partial charge in [-0.25, -0.2) is 0 Å². The van der Waals surface area contributed by atoms with Crippen molar-refractivity contribution in [2.45, 2.75) is 20.0 Å². The minimum Gasteiger partial charge on any atom is -0.489 e.